The van der Waals surface area contributed by atoms with Crippen LogP contribution in [0.4, 0.5) is 0 Å². The van der Waals surface area contributed by atoms with Crippen LogP contribution in [0.2, 0.25) is 0 Å². The molecule has 55 heteroatoms. The Labute approximate surface area is 622 Å². The molecule has 0 saturated carbocycles. The molecule has 0 saturated heterocycles. The summed E-state index contributed by atoms with van der Waals surface area (Å²) in [4.78, 5) is 56.1. The smallest absolute Gasteiger partial charge is 0.856 e. The molecular weight excluding hydrogens is 1630 g/mol. The Morgan fingerprint density at radius 3 is 0.476 bits per heavy atom. The maximum absolute atomic E-state index is 11.6. The van der Waals surface area contributed by atoms with Crippen molar-refractivity contribution in [3.8, 4) is 0 Å². The van der Waals surface area contributed by atoms with E-state index in [0.717, 1.165) is 0 Å². The fourth-order valence-corrected chi connectivity index (χ4v) is 4.82. The van der Waals surface area contributed by atoms with Gasteiger partial charge in [-0.1, -0.05) is 48.5 Å². The summed E-state index contributed by atoms with van der Waals surface area (Å²) in [5.41, 5.74) is 25.3. The van der Waals surface area contributed by atoms with Crippen molar-refractivity contribution in [2.75, 3.05) is 0 Å². The number of nitrogens with two attached hydrogens (primary N) is 4. The predicted octanol–water partition coefficient (Wildman–Crippen LogP) is -14.7. The van der Waals surface area contributed by atoms with Crippen LogP contribution in [0.1, 0.15) is 45.6 Å². The molecule has 8 rings (SSSR count). The Balaban J connectivity index is -0.000000124. The molecule has 0 unspecified atom stereocenters. The molecule has 0 spiro atoms. The van der Waals surface area contributed by atoms with Gasteiger partial charge in [0, 0.05) is 73.2 Å². The molecule has 8 heterocycles. The molecule has 18 N–H and O–H groups in total. The standard InChI is InChI=1S/4C12H11N5O.2ClHO4.3Cu.Fe.3NO3.5H2O/c4*13-11(9-5-1-3-7-14-9)16-17-12(18)10-6-2-4-8-15-10;2*2-1(3,4)5;;;;;3*2-1(3)4;;;;;/h4*1-8H,(H2,13,16)(H,17,18);2*(H,2,3,4,5);;;;;;;;5*1H2/q;;;;;;3*+2;+3;3*-1;;;;;/p-6. The van der Waals surface area contributed by atoms with Gasteiger partial charge in [-0.3, -0.25) is 39.9 Å². The molecule has 0 atom stereocenters. The van der Waals surface area contributed by atoms with Crippen LogP contribution >= 0.6 is 0 Å². The van der Waals surface area contributed by atoms with Gasteiger partial charge in [0.1, 0.15) is 22.8 Å². The molecule has 0 fully saturated rings. The maximum atomic E-state index is 11.6. The van der Waals surface area contributed by atoms with Gasteiger partial charge in [-0.2, -0.15) is 20.4 Å². The fourth-order valence-electron chi connectivity index (χ4n) is 4.82. The molecule has 103 heavy (non-hydrogen) atoms. The van der Waals surface area contributed by atoms with E-state index in [9.17, 15) is 20.4 Å². The number of rotatable bonds is 12. The topological polar surface area (TPSA) is 939 Å². The minimum Gasteiger partial charge on any atom is -0.856 e. The molecule has 8 aromatic heterocycles. The number of pyridine rings is 8. The van der Waals surface area contributed by atoms with Gasteiger partial charge in [-0.05, 0) is 97.1 Å². The summed E-state index contributed by atoms with van der Waals surface area (Å²) in [6.07, 6.45) is 12.4. The molecule has 0 bridgehead atoms. The third kappa shape index (κ3) is 65.1. The van der Waals surface area contributed by atoms with Crippen molar-refractivity contribution in [1.82, 2.24) is 39.9 Å². The van der Waals surface area contributed by atoms with Crippen LogP contribution in [0, 0.1) is 66.5 Å². The number of halogens is 2. The van der Waals surface area contributed by atoms with Crippen molar-refractivity contribution >= 4 is 46.9 Å². The molecule has 0 amide bonds. The van der Waals surface area contributed by atoms with Crippen LogP contribution < -0.4 is 80.6 Å². The fraction of sp³-hybridized carbons (Fsp3) is 0. The van der Waals surface area contributed by atoms with E-state index in [1.54, 1.807) is 170 Å². The SMILES string of the molecule is N/C(=N\N=C(/[O-])c1ccccn1)c1ccccn1.N/C(=N\N=C(/[O-])c1ccccn1)c1ccccn1.N/C(=N\N=C(/[O-])c1ccccn1)c1ccccn1.N/C(=N\N=C(/[O-])c1ccccn1)c1ccccn1.O.O.O.O.O.O=[N+]([O-])[O-].O=[N+]([O-])[O-].O=[N+]([O-])[O-].[Cu+2].[Cu+2].[Cu+2].[Fe+3].[O-][Cl+3]([O-])([O-])[O-].[O-][Cl+3]([O-])([O-])[O-]. The first-order chi connectivity index (χ1) is 44.3. The minimum atomic E-state index is -4.94. The number of hydrogen-bond donors (Lipinski definition) is 4. The first-order valence-electron chi connectivity index (χ1n) is 23.6. The zero-order chi connectivity index (χ0) is 70.9. The average Bonchev–Trinajstić information content (AvgIpc) is 0.911. The van der Waals surface area contributed by atoms with E-state index in [1.807, 2.05) is 0 Å². The quantitative estimate of drug-likeness (QED) is 0.0290. The molecule has 4 radical (unpaired) electrons. The third-order valence-electron chi connectivity index (χ3n) is 8.24. The van der Waals surface area contributed by atoms with E-state index in [1.165, 1.54) is 24.8 Å². The molecule has 0 aliphatic heterocycles. The van der Waals surface area contributed by atoms with Gasteiger partial charge >= 0.3 is 68.3 Å². The van der Waals surface area contributed by atoms with Gasteiger partial charge in [0.2, 0.25) is 0 Å². The molecule has 568 valence electrons. The Kier molecular flexibility index (Phi) is 71.7. The van der Waals surface area contributed by atoms with Crippen molar-refractivity contribution in [1.29, 1.82) is 0 Å². The Morgan fingerprint density at radius 2 is 0.379 bits per heavy atom. The van der Waals surface area contributed by atoms with Crippen LogP contribution in [0.5, 0.6) is 0 Å². The van der Waals surface area contributed by atoms with E-state index in [2.05, 4.69) is 80.7 Å². The first-order valence-corrected chi connectivity index (χ1v) is 26.1. The molecule has 49 nitrogen and oxygen atoms in total. The number of hydrogen-bond acceptors (Lipinski definition) is 37. The van der Waals surface area contributed by atoms with E-state index < -0.39 is 59.3 Å². The molecule has 8 aromatic rings. The van der Waals surface area contributed by atoms with E-state index >= 15 is 0 Å². The maximum Gasteiger partial charge on any atom is 3.00 e. The van der Waals surface area contributed by atoms with Crippen molar-refractivity contribution in [2.24, 2.45) is 63.7 Å². The van der Waals surface area contributed by atoms with Gasteiger partial charge in [-0.15, -0.1) is 40.9 Å². The van der Waals surface area contributed by atoms with Gasteiger partial charge in [0.25, 0.3) is 0 Å². The predicted molar refractivity (Wildman–Crippen MR) is 312 cm³/mol. The van der Waals surface area contributed by atoms with Crippen LogP contribution in [-0.2, 0) is 68.3 Å². The molecule has 0 aliphatic carbocycles. The number of nitrogens with zero attached hydrogens (tertiary/aromatic N) is 19. The van der Waals surface area contributed by atoms with Gasteiger partial charge in [0.05, 0.1) is 38.0 Å². The monoisotopic (exact) mass is 1680 g/mol. The zero-order valence-corrected chi connectivity index (χ0v) is 55.8. The third-order valence-corrected chi connectivity index (χ3v) is 8.24. The minimum absolute atomic E-state index is 0. The molecule has 0 aliphatic rings. The summed E-state index contributed by atoms with van der Waals surface area (Å²) in [5, 5.41) is 119. The van der Waals surface area contributed by atoms with Gasteiger partial charge in [0.15, 0.2) is 23.3 Å². The van der Waals surface area contributed by atoms with Crippen LogP contribution in [0.3, 0.4) is 0 Å². The Bertz CT molecular complexity index is 3040. The first kappa shape index (κ1) is 113. The summed E-state index contributed by atoms with van der Waals surface area (Å²) in [6, 6.07) is 40.7. The number of aromatic nitrogens is 8. The van der Waals surface area contributed by atoms with E-state index in [4.69, 9.17) is 106 Å². The molecule has 0 aromatic carbocycles. The van der Waals surface area contributed by atoms with Crippen molar-refractivity contribution in [2.45, 2.75) is 0 Å². The van der Waals surface area contributed by atoms with Crippen molar-refractivity contribution in [3.05, 3.63) is 287 Å². The Morgan fingerprint density at radius 1 is 0.272 bits per heavy atom. The van der Waals surface area contributed by atoms with Crippen molar-refractivity contribution in [3.63, 3.8) is 0 Å². The van der Waals surface area contributed by atoms with Gasteiger partial charge < -0.3 is 117 Å². The van der Waals surface area contributed by atoms with Crippen molar-refractivity contribution < 1.29 is 189 Å². The van der Waals surface area contributed by atoms with E-state index in [-0.39, 0.29) is 142 Å². The average molecular weight is 1680 g/mol. The summed E-state index contributed by atoms with van der Waals surface area (Å²) in [6.45, 7) is 0. The van der Waals surface area contributed by atoms with Gasteiger partial charge in [-0.25, -0.2) is 37.3 Å². The summed E-state index contributed by atoms with van der Waals surface area (Å²) in [7, 11) is -9.89. The van der Waals surface area contributed by atoms with Crippen LogP contribution in [0.25, 0.3) is 0 Å². The number of amidine groups is 4. The second-order valence-electron chi connectivity index (χ2n) is 14.7. The second-order valence-corrected chi connectivity index (χ2v) is 16.2. The Hall–Kier alpha value is -11.3. The summed E-state index contributed by atoms with van der Waals surface area (Å²) >= 11 is 0. The van der Waals surface area contributed by atoms with E-state index in [0.29, 0.717) is 22.8 Å². The van der Waals surface area contributed by atoms with Crippen LogP contribution in [-0.4, -0.2) is 129 Å². The second kappa shape index (κ2) is 65.3. The normalized spacial score (nSPS) is 10.6. The molecular formula is C48H50Cl2Cu3FeN23O26. The zero-order valence-electron chi connectivity index (χ0n) is 50.4. The largest absolute Gasteiger partial charge is 3.00 e. The summed E-state index contributed by atoms with van der Waals surface area (Å²) < 4.78 is 67.9. The van der Waals surface area contributed by atoms with Crippen LogP contribution in [0.15, 0.2) is 236 Å². The summed E-state index contributed by atoms with van der Waals surface area (Å²) in [5.74, 6) is -1.85.